The number of hydrogen-bond donors (Lipinski definition) is 2. The highest BCUT2D eigenvalue weighted by molar-refractivity contribution is 5.72. The Morgan fingerprint density at radius 2 is 2.11 bits per heavy atom. The van der Waals surface area contributed by atoms with Gasteiger partial charge in [0, 0.05) is 0 Å². The molecule has 0 aromatic carbocycles. The Bertz CT molecular complexity index is 101. The number of carbonyl (C=O) groups is 1. The van der Waals surface area contributed by atoms with Crippen LogP contribution in [-0.2, 0) is 4.79 Å². The van der Waals surface area contributed by atoms with Crippen LogP contribution in [-0.4, -0.2) is 17.1 Å². The van der Waals surface area contributed by atoms with Crippen molar-refractivity contribution in [2.75, 3.05) is 0 Å². The van der Waals surface area contributed by atoms with E-state index in [2.05, 4.69) is 0 Å². The van der Waals surface area contributed by atoms with E-state index in [0.29, 0.717) is 12.3 Å². The molecule has 3 N–H and O–H groups in total. The van der Waals surface area contributed by atoms with Crippen LogP contribution in [0.5, 0.6) is 0 Å². The van der Waals surface area contributed by atoms with E-state index in [9.17, 15) is 4.79 Å². The zero-order valence-electron chi connectivity index (χ0n) is 5.79. The van der Waals surface area contributed by atoms with Gasteiger partial charge in [-0.2, -0.15) is 0 Å². The molecule has 0 aromatic rings. The normalized spacial score (nSPS) is 13.8. The Labute approximate surface area is 54.9 Å². The van der Waals surface area contributed by atoms with Gasteiger partial charge in [-0.05, 0) is 12.3 Å². The lowest BCUT2D eigenvalue weighted by atomic mass is 10.2. The van der Waals surface area contributed by atoms with Gasteiger partial charge in [0.25, 0.3) is 0 Å². The highest BCUT2D eigenvalue weighted by Gasteiger charge is 2.11. The van der Waals surface area contributed by atoms with Crippen molar-refractivity contribution < 1.29 is 9.90 Å². The van der Waals surface area contributed by atoms with Crippen molar-refractivity contribution >= 4 is 5.97 Å². The molecule has 3 nitrogen and oxygen atoms in total. The minimum absolute atomic E-state index is 0.357. The van der Waals surface area contributed by atoms with Crippen LogP contribution in [0.4, 0.5) is 0 Å². The third kappa shape index (κ3) is 3.97. The van der Waals surface area contributed by atoms with Crippen molar-refractivity contribution in [3.05, 3.63) is 0 Å². The van der Waals surface area contributed by atoms with Gasteiger partial charge in [0.15, 0.2) is 0 Å². The van der Waals surface area contributed by atoms with Crippen molar-refractivity contribution in [1.29, 1.82) is 0 Å². The van der Waals surface area contributed by atoms with E-state index in [4.69, 9.17) is 10.8 Å². The van der Waals surface area contributed by atoms with Gasteiger partial charge >= 0.3 is 5.97 Å². The molecule has 0 spiro atoms. The first kappa shape index (κ1) is 8.43. The summed E-state index contributed by atoms with van der Waals surface area (Å²) in [5.74, 6) is -0.556. The molecular formula is C6H13NO2. The van der Waals surface area contributed by atoms with Gasteiger partial charge in [-0.25, -0.2) is 0 Å². The second-order valence-electron chi connectivity index (χ2n) is 2.57. The molecule has 0 aliphatic heterocycles. The van der Waals surface area contributed by atoms with Gasteiger partial charge in [-0.15, -0.1) is 0 Å². The molecule has 1 atom stereocenters. The molecule has 54 valence electrons. The van der Waals surface area contributed by atoms with Crippen molar-refractivity contribution in [3.8, 4) is 0 Å². The molecule has 0 unspecified atom stereocenters. The van der Waals surface area contributed by atoms with Gasteiger partial charge in [0.05, 0.1) is 0 Å². The maximum Gasteiger partial charge on any atom is 0.320 e. The Hall–Kier alpha value is -0.570. The number of nitrogens with two attached hydrogens (primary N) is 1. The largest absolute Gasteiger partial charge is 0.480 e. The van der Waals surface area contributed by atoms with Crippen LogP contribution in [0.25, 0.3) is 0 Å². The summed E-state index contributed by atoms with van der Waals surface area (Å²) < 4.78 is 0. The molecule has 0 heterocycles. The standard InChI is InChI=1S/C6H13NO2/c1-4(2)3-5(7)6(8)9/h4-5H,3,7H2,1-2H3,(H,8,9)/t5-/m0/s1/i3+1. The van der Waals surface area contributed by atoms with Crippen LogP contribution in [0.3, 0.4) is 0 Å². The predicted molar refractivity (Wildman–Crippen MR) is 35.1 cm³/mol. The Morgan fingerprint density at radius 3 is 2.22 bits per heavy atom. The van der Waals surface area contributed by atoms with E-state index in [1.54, 1.807) is 0 Å². The van der Waals surface area contributed by atoms with Crippen molar-refractivity contribution in [3.63, 3.8) is 0 Å². The molecule has 0 saturated carbocycles. The molecule has 0 bridgehead atoms. The zero-order valence-corrected chi connectivity index (χ0v) is 5.79. The molecule has 0 amide bonds. The lowest BCUT2D eigenvalue weighted by molar-refractivity contribution is -0.138. The quantitative estimate of drug-likeness (QED) is 0.548. The molecule has 0 aliphatic carbocycles. The van der Waals surface area contributed by atoms with Crippen LogP contribution >= 0.6 is 0 Å². The summed E-state index contributed by atoms with van der Waals surface area (Å²) in [6.07, 6.45) is 0.551. The fraction of sp³-hybridized carbons (Fsp3) is 0.833. The third-order valence-corrected chi connectivity index (χ3v) is 1.04. The van der Waals surface area contributed by atoms with Crippen LogP contribution in [0.2, 0.25) is 0 Å². The summed E-state index contributed by atoms with van der Waals surface area (Å²) in [4.78, 5) is 10.1. The van der Waals surface area contributed by atoms with Gasteiger partial charge < -0.3 is 10.8 Å². The maximum atomic E-state index is 10.1. The van der Waals surface area contributed by atoms with E-state index in [-0.39, 0.29) is 0 Å². The van der Waals surface area contributed by atoms with Crippen molar-refractivity contribution in [2.24, 2.45) is 11.7 Å². The average Bonchev–Trinajstić information content (AvgIpc) is 1.63. The lowest BCUT2D eigenvalue weighted by Crippen LogP contribution is -2.31. The Morgan fingerprint density at radius 1 is 1.67 bits per heavy atom. The monoisotopic (exact) mass is 132 g/mol. The number of carboxylic acid groups (broad SMARTS) is 1. The first-order valence-electron chi connectivity index (χ1n) is 3.02. The van der Waals surface area contributed by atoms with E-state index < -0.39 is 12.0 Å². The molecule has 0 aromatic heterocycles. The van der Waals surface area contributed by atoms with E-state index in [0.717, 1.165) is 0 Å². The lowest BCUT2D eigenvalue weighted by Gasteiger charge is -2.07. The number of rotatable bonds is 3. The molecular weight excluding hydrogens is 119 g/mol. The highest BCUT2D eigenvalue weighted by Crippen LogP contribution is 2.01. The van der Waals surface area contributed by atoms with Crippen molar-refractivity contribution in [2.45, 2.75) is 26.3 Å². The topological polar surface area (TPSA) is 63.3 Å². The van der Waals surface area contributed by atoms with E-state index in [1.165, 1.54) is 0 Å². The smallest absolute Gasteiger partial charge is 0.320 e. The van der Waals surface area contributed by atoms with Crippen molar-refractivity contribution in [1.82, 2.24) is 0 Å². The predicted octanol–water partition coefficient (Wildman–Crippen LogP) is 0.444. The molecule has 3 heteroatoms. The maximum absolute atomic E-state index is 10.1. The summed E-state index contributed by atoms with van der Waals surface area (Å²) in [5, 5.41) is 8.31. The molecule has 0 saturated heterocycles. The second kappa shape index (κ2) is 3.45. The fourth-order valence-corrected chi connectivity index (χ4v) is 0.609. The highest BCUT2D eigenvalue weighted by atomic mass is 16.4. The summed E-state index contributed by atoms with van der Waals surface area (Å²) in [5.41, 5.74) is 5.22. The molecule has 0 aliphatic rings. The van der Waals surface area contributed by atoms with Gasteiger partial charge in [-0.3, -0.25) is 4.79 Å². The van der Waals surface area contributed by atoms with Gasteiger partial charge in [0.2, 0.25) is 0 Å². The Kier molecular flexibility index (Phi) is 3.24. The first-order chi connectivity index (χ1) is 4.04. The zero-order chi connectivity index (χ0) is 7.44. The van der Waals surface area contributed by atoms with Gasteiger partial charge in [-0.1, -0.05) is 13.8 Å². The number of carboxylic acids is 1. The summed E-state index contributed by atoms with van der Waals surface area (Å²) in [7, 11) is 0. The Balaban J connectivity index is 3.50. The molecule has 9 heavy (non-hydrogen) atoms. The summed E-state index contributed by atoms with van der Waals surface area (Å²) in [6, 6.07) is -0.690. The number of hydrogen-bond acceptors (Lipinski definition) is 2. The minimum Gasteiger partial charge on any atom is -0.480 e. The van der Waals surface area contributed by atoms with Crippen LogP contribution < -0.4 is 5.73 Å². The van der Waals surface area contributed by atoms with Gasteiger partial charge in [0.1, 0.15) is 6.04 Å². The van der Waals surface area contributed by atoms with Crippen LogP contribution in [0.1, 0.15) is 20.3 Å². The molecule has 0 fully saturated rings. The van der Waals surface area contributed by atoms with E-state index in [1.807, 2.05) is 13.8 Å². The second-order valence-corrected chi connectivity index (χ2v) is 2.57. The number of aliphatic carboxylic acids is 1. The first-order valence-corrected chi connectivity index (χ1v) is 3.02. The van der Waals surface area contributed by atoms with Crippen LogP contribution in [0, 0.1) is 5.92 Å². The molecule has 0 rings (SSSR count). The average molecular weight is 132 g/mol. The summed E-state index contributed by atoms with van der Waals surface area (Å²) >= 11 is 0. The van der Waals surface area contributed by atoms with E-state index >= 15 is 0 Å². The SMILES string of the molecule is CC(C)[13CH2][C@H](N)C(=O)O. The molecule has 0 radical (unpaired) electrons. The summed E-state index contributed by atoms with van der Waals surface area (Å²) in [6.45, 7) is 3.89. The fourth-order valence-electron chi connectivity index (χ4n) is 0.609. The minimum atomic E-state index is -0.913. The third-order valence-electron chi connectivity index (χ3n) is 1.04. The van der Waals surface area contributed by atoms with Crippen LogP contribution in [0.15, 0.2) is 0 Å².